The number of hydrogen-bond acceptors (Lipinski definition) is 2. The van der Waals surface area contributed by atoms with Gasteiger partial charge in [0.2, 0.25) is 0 Å². The van der Waals surface area contributed by atoms with E-state index < -0.39 is 11.7 Å². The zero-order valence-corrected chi connectivity index (χ0v) is 9.70. The van der Waals surface area contributed by atoms with E-state index >= 15 is 0 Å². The number of halogens is 4. The summed E-state index contributed by atoms with van der Waals surface area (Å²) < 4.78 is 37.6. The van der Waals surface area contributed by atoms with E-state index in [0.29, 0.717) is 18.2 Å². The first kappa shape index (κ1) is 12.7. The van der Waals surface area contributed by atoms with Gasteiger partial charge >= 0.3 is 6.18 Å². The quantitative estimate of drug-likeness (QED) is 0.876. The van der Waals surface area contributed by atoms with Gasteiger partial charge in [-0.05, 0) is 23.8 Å². The van der Waals surface area contributed by atoms with Gasteiger partial charge < -0.3 is 10.6 Å². The Morgan fingerprint density at radius 3 is 2.53 bits per heavy atom. The largest absolute Gasteiger partial charge is 0.416 e. The van der Waals surface area contributed by atoms with Gasteiger partial charge in [-0.25, -0.2) is 0 Å². The van der Waals surface area contributed by atoms with E-state index in [4.69, 9.17) is 11.6 Å². The van der Waals surface area contributed by atoms with Crippen LogP contribution in [-0.4, -0.2) is 19.1 Å². The third-order valence-electron chi connectivity index (χ3n) is 2.66. The van der Waals surface area contributed by atoms with E-state index in [2.05, 4.69) is 10.6 Å². The molecule has 1 aliphatic rings. The molecule has 0 saturated carbocycles. The molecule has 0 atom stereocenters. The Labute approximate surface area is 102 Å². The molecule has 0 spiro atoms. The van der Waals surface area contributed by atoms with Gasteiger partial charge in [0.05, 0.1) is 5.56 Å². The average Bonchev–Trinajstić information content (AvgIpc) is 2.13. The van der Waals surface area contributed by atoms with Crippen molar-refractivity contribution < 1.29 is 13.2 Å². The molecule has 0 aromatic heterocycles. The standard InChI is InChI=1S/C11H12ClF3N2/c12-9-2-7(4-17-10-5-16-6-10)1-8(3-9)11(13,14)15/h1-3,10,16-17H,4-6H2. The molecule has 2 N–H and O–H groups in total. The van der Waals surface area contributed by atoms with Crippen molar-refractivity contribution in [3.05, 3.63) is 34.3 Å². The van der Waals surface area contributed by atoms with E-state index in [9.17, 15) is 13.2 Å². The zero-order valence-electron chi connectivity index (χ0n) is 8.94. The summed E-state index contributed by atoms with van der Waals surface area (Å²) in [4.78, 5) is 0. The number of alkyl halides is 3. The maximum Gasteiger partial charge on any atom is 0.416 e. The summed E-state index contributed by atoms with van der Waals surface area (Å²) in [5, 5.41) is 6.34. The van der Waals surface area contributed by atoms with Gasteiger partial charge in [-0.2, -0.15) is 13.2 Å². The lowest BCUT2D eigenvalue weighted by molar-refractivity contribution is -0.137. The van der Waals surface area contributed by atoms with Crippen molar-refractivity contribution in [2.75, 3.05) is 13.1 Å². The molecule has 1 saturated heterocycles. The molecule has 94 valence electrons. The summed E-state index contributed by atoms with van der Waals surface area (Å²) in [6, 6.07) is 3.96. The van der Waals surface area contributed by atoms with Crippen LogP contribution in [0.15, 0.2) is 18.2 Å². The van der Waals surface area contributed by atoms with Crippen molar-refractivity contribution in [3.8, 4) is 0 Å². The van der Waals surface area contributed by atoms with Crippen LogP contribution in [0.5, 0.6) is 0 Å². The van der Waals surface area contributed by atoms with Crippen molar-refractivity contribution in [1.82, 2.24) is 10.6 Å². The second-order valence-electron chi connectivity index (χ2n) is 4.08. The zero-order chi connectivity index (χ0) is 12.5. The Morgan fingerprint density at radius 2 is 2.00 bits per heavy atom. The highest BCUT2D eigenvalue weighted by Gasteiger charge is 2.31. The van der Waals surface area contributed by atoms with Gasteiger partial charge in [0.1, 0.15) is 0 Å². The van der Waals surface area contributed by atoms with E-state index in [1.54, 1.807) is 6.07 Å². The van der Waals surface area contributed by atoms with Crippen molar-refractivity contribution in [3.63, 3.8) is 0 Å². The second kappa shape index (κ2) is 4.84. The fourth-order valence-electron chi connectivity index (χ4n) is 1.61. The van der Waals surface area contributed by atoms with Crippen LogP contribution in [0.3, 0.4) is 0 Å². The highest BCUT2D eigenvalue weighted by atomic mass is 35.5. The van der Waals surface area contributed by atoms with E-state index in [0.717, 1.165) is 25.2 Å². The lowest BCUT2D eigenvalue weighted by atomic mass is 10.1. The topological polar surface area (TPSA) is 24.1 Å². The first-order valence-corrected chi connectivity index (χ1v) is 5.64. The normalized spacial score (nSPS) is 16.9. The van der Waals surface area contributed by atoms with Crippen LogP contribution in [-0.2, 0) is 12.7 Å². The van der Waals surface area contributed by atoms with Crippen LogP contribution in [0.25, 0.3) is 0 Å². The Hall–Kier alpha value is -0.780. The van der Waals surface area contributed by atoms with Crippen molar-refractivity contribution >= 4 is 11.6 Å². The molecule has 1 heterocycles. The predicted molar refractivity (Wildman–Crippen MR) is 60.0 cm³/mol. The number of nitrogens with one attached hydrogen (secondary N) is 2. The predicted octanol–water partition coefficient (Wildman–Crippen LogP) is 2.42. The smallest absolute Gasteiger partial charge is 0.314 e. The SMILES string of the molecule is FC(F)(F)c1cc(Cl)cc(CNC2CNC2)c1. The minimum absolute atomic E-state index is 0.114. The molecule has 1 aromatic carbocycles. The van der Waals surface area contributed by atoms with Gasteiger partial charge in [-0.3, -0.25) is 0 Å². The summed E-state index contributed by atoms with van der Waals surface area (Å²) in [5.41, 5.74) is -0.148. The summed E-state index contributed by atoms with van der Waals surface area (Å²) >= 11 is 5.68. The molecule has 0 unspecified atom stereocenters. The number of hydrogen-bond donors (Lipinski definition) is 2. The molecule has 0 bridgehead atoms. The van der Waals surface area contributed by atoms with Crippen molar-refractivity contribution in [1.29, 1.82) is 0 Å². The van der Waals surface area contributed by atoms with Crippen LogP contribution in [0.1, 0.15) is 11.1 Å². The molecule has 17 heavy (non-hydrogen) atoms. The van der Waals surface area contributed by atoms with Crippen molar-refractivity contribution in [2.24, 2.45) is 0 Å². The van der Waals surface area contributed by atoms with Gasteiger partial charge in [0.15, 0.2) is 0 Å². The number of benzene rings is 1. The molecule has 0 amide bonds. The molecular formula is C11H12ClF3N2. The lowest BCUT2D eigenvalue weighted by Gasteiger charge is -2.28. The fraction of sp³-hybridized carbons (Fsp3) is 0.455. The highest BCUT2D eigenvalue weighted by Crippen LogP contribution is 2.31. The Balaban J connectivity index is 2.08. The van der Waals surface area contributed by atoms with E-state index in [-0.39, 0.29) is 5.02 Å². The summed E-state index contributed by atoms with van der Waals surface area (Å²) in [6.45, 7) is 2.11. The number of rotatable bonds is 3. The summed E-state index contributed by atoms with van der Waals surface area (Å²) in [6.07, 6.45) is -4.35. The Morgan fingerprint density at radius 1 is 1.29 bits per heavy atom. The minimum Gasteiger partial charge on any atom is -0.314 e. The first-order chi connectivity index (χ1) is 7.95. The Kier molecular flexibility index (Phi) is 3.61. The van der Waals surface area contributed by atoms with Gasteiger partial charge in [0, 0.05) is 30.7 Å². The van der Waals surface area contributed by atoms with Gasteiger partial charge in [0.25, 0.3) is 0 Å². The van der Waals surface area contributed by atoms with Crippen LogP contribution in [0.4, 0.5) is 13.2 Å². The van der Waals surface area contributed by atoms with Gasteiger partial charge in [-0.15, -0.1) is 0 Å². The fourth-order valence-corrected chi connectivity index (χ4v) is 1.87. The minimum atomic E-state index is -4.35. The van der Waals surface area contributed by atoms with Crippen LogP contribution in [0.2, 0.25) is 5.02 Å². The maximum absolute atomic E-state index is 12.5. The first-order valence-electron chi connectivity index (χ1n) is 5.26. The van der Waals surface area contributed by atoms with E-state index in [1.807, 2.05) is 0 Å². The van der Waals surface area contributed by atoms with Crippen LogP contribution in [0, 0.1) is 0 Å². The molecule has 0 aliphatic carbocycles. The molecule has 6 heteroatoms. The summed E-state index contributed by atoms with van der Waals surface area (Å²) in [7, 11) is 0. The molecule has 1 aliphatic heterocycles. The lowest BCUT2D eigenvalue weighted by Crippen LogP contribution is -2.54. The molecular weight excluding hydrogens is 253 g/mol. The van der Waals surface area contributed by atoms with Crippen LogP contribution >= 0.6 is 11.6 Å². The second-order valence-corrected chi connectivity index (χ2v) is 4.52. The summed E-state index contributed by atoms with van der Waals surface area (Å²) in [5.74, 6) is 0. The highest BCUT2D eigenvalue weighted by molar-refractivity contribution is 6.30. The monoisotopic (exact) mass is 264 g/mol. The average molecular weight is 265 g/mol. The van der Waals surface area contributed by atoms with E-state index in [1.165, 1.54) is 0 Å². The molecule has 1 fully saturated rings. The van der Waals surface area contributed by atoms with Crippen LogP contribution < -0.4 is 10.6 Å². The third kappa shape index (κ3) is 3.34. The van der Waals surface area contributed by atoms with Crippen molar-refractivity contribution in [2.45, 2.75) is 18.8 Å². The molecule has 1 aromatic rings. The molecule has 2 nitrogen and oxygen atoms in total. The molecule has 0 radical (unpaired) electrons. The van der Waals surface area contributed by atoms with Gasteiger partial charge in [-0.1, -0.05) is 11.6 Å². The Bertz CT molecular complexity index is 402. The maximum atomic E-state index is 12.5. The third-order valence-corrected chi connectivity index (χ3v) is 2.88. The molecule has 2 rings (SSSR count).